The lowest BCUT2D eigenvalue weighted by Gasteiger charge is -2.22. The van der Waals surface area contributed by atoms with E-state index in [9.17, 15) is 17.6 Å². The van der Waals surface area contributed by atoms with E-state index in [1.54, 1.807) is 61.8 Å². The lowest BCUT2D eigenvalue weighted by molar-refractivity contribution is 0.308. The second-order valence-corrected chi connectivity index (χ2v) is 40.1. The van der Waals surface area contributed by atoms with E-state index in [0.717, 1.165) is 114 Å². The molecule has 0 unspecified atom stereocenters. The molecule has 12 nitrogen and oxygen atoms in total. The molecular formula is C124H166F4N12S. The molecule has 0 saturated heterocycles. The maximum atomic E-state index is 12.6. The Kier molecular flexibility index (Phi) is 60.2. The van der Waals surface area contributed by atoms with Gasteiger partial charge in [0.25, 0.3) is 0 Å². The summed E-state index contributed by atoms with van der Waals surface area (Å²) < 4.78 is 50.4. The van der Waals surface area contributed by atoms with Crippen molar-refractivity contribution in [2.24, 2.45) is 35.5 Å². The number of benzene rings is 8. The van der Waals surface area contributed by atoms with Gasteiger partial charge >= 0.3 is 0 Å². The SMILES string of the molecule is CC1CCC(C)CC1.CC1CCC(C)CC1.CC1CCC(C)CC1.Cc1ccc(-c2ccc(C)cc2)cc1.Cc1ccc(C)c(F)c1.Cc1ccc(C)c(F)c1.Cc1ccc(C)c(F)c1F.Cc1ccc(C)cc1.Cc1ccc(C)nc1.Cc1ccc(C)nc1.Cc1ccc(C)nn1.Cc1ccc2cc(C)ccc2c1.Cc1cnc(C)cn1.Cc1cnc(C)nc1.Cc1cnc(C)nc1.Cc1nnc(C)s1. The molecule has 17 heteroatoms. The summed E-state index contributed by atoms with van der Waals surface area (Å²) >= 11 is 1.62. The molecule has 3 aliphatic rings. The number of halogens is 4. The smallest absolute Gasteiger partial charge is 0.161 e. The highest BCUT2D eigenvalue weighted by Crippen LogP contribution is 2.30. The number of fused-ring (bicyclic) bond motifs is 1. The number of hydrogen-bond donors (Lipinski definition) is 0. The van der Waals surface area contributed by atoms with E-state index >= 15 is 0 Å². The summed E-state index contributed by atoms with van der Waals surface area (Å²) in [6.45, 7) is 64.5. The molecule has 7 aromatic heterocycles. The second-order valence-electron chi connectivity index (χ2n) is 38.7. The van der Waals surface area contributed by atoms with Crippen molar-refractivity contribution in [1.29, 1.82) is 0 Å². The first kappa shape index (κ1) is 123. The van der Waals surface area contributed by atoms with Crippen molar-refractivity contribution in [3.63, 3.8) is 0 Å². The molecule has 0 bridgehead atoms. The van der Waals surface area contributed by atoms with Crippen molar-refractivity contribution < 1.29 is 17.6 Å². The number of hydrogen-bond acceptors (Lipinski definition) is 13. The molecule has 756 valence electrons. The van der Waals surface area contributed by atoms with Crippen LogP contribution in [-0.2, 0) is 0 Å². The fourth-order valence-electron chi connectivity index (χ4n) is 13.3. The number of nitrogens with zero attached hydrogens (tertiary/aromatic N) is 12. The van der Waals surface area contributed by atoms with Gasteiger partial charge < -0.3 is 0 Å². The summed E-state index contributed by atoms with van der Waals surface area (Å²) in [7, 11) is 0. The van der Waals surface area contributed by atoms with Gasteiger partial charge in [0, 0.05) is 61.0 Å². The first-order valence-electron chi connectivity index (χ1n) is 49.8. The third kappa shape index (κ3) is 58.7. The minimum Gasteiger partial charge on any atom is -0.261 e. The van der Waals surface area contributed by atoms with Gasteiger partial charge in [-0.15, -0.1) is 21.5 Å². The second kappa shape index (κ2) is 68.9. The van der Waals surface area contributed by atoms with E-state index in [1.165, 1.54) is 169 Å². The van der Waals surface area contributed by atoms with Gasteiger partial charge in [-0.2, -0.15) is 10.2 Å². The molecule has 0 spiro atoms. The van der Waals surface area contributed by atoms with Gasteiger partial charge in [-0.25, -0.2) is 37.5 Å². The van der Waals surface area contributed by atoms with Gasteiger partial charge in [-0.05, 0) is 329 Å². The van der Waals surface area contributed by atoms with Crippen molar-refractivity contribution in [2.45, 2.75) is 299 Å². The molecule has 8 aromatic carbocycles. The highest BCUT2D eigenvalue weighted by atomic mass is 32.1. The van der Waals surface area contributed by atoms with Crippen molar-refractivity contribution in [3.05, 3.63) is 412 Å². The molecule has 0 radical (unpaired) electrons. The molecule has 15 aromatic rings. The molecule has 3 saturated carbocycles. The van der Waals surface area contributed by atoms with Crippen LogP contribution < -0.4 is 0 Å². The third-order valence-corrected chi connectivity index (χ3v) is 24.0. The summed E-state index contributed by atoms with van der Waals surface area (Å²) in [4.78, 5) is 32.1. The van der Waals surface area contributed by atoms with Crippen LogP contribution in [0.5, 0.6) is 0 Å². The Bertz CT molecular complexity index is 5020. The number of aromatic nitrogens is 12. The average Bonchev–Trinajstić information content (AvgIpc) is 1.05. The molecule has 0 aliphatic heterocycles. The van der Waals surface area contributed by atoms with Crippen LogP contribution in [-0.4, -0.2) is 60.3 Å². The monoisotopic (exact) mass is 1930 g/mol. The van der Waals surface area contributed by atoms with Crippen LogP contribution in [0, 0.1) is 239 Å². The summed E-state index contributed by atoms with van der Waals surface area (Å²) in [6.07, 6.45) is 32.2. The van der Waals surface area contributed by atoms with Crippen LogP contribution >= 0.6 is 11.3 Å². The van der Waals surface area contributed by atoms with Crippen LogP contribution in [0.25, 0.3) is 21.9 Å². The van der Waals surface area contributed by atoms with Crippen molar-refractivity contribution in [2.75, 3.05) is 0 Å². The predicted molar refractivity (Wildman–Crippen MR) is 591 cm³/mol. The Hall–Kier alpha value is -12.1. The molecule has 7 heterocycles. The standard InChI is InChI=1S/C14H14.C12H12.C8H8F2.2C8H9F.3C8H16.C8H10.2C7H9N.4C6H8N2.C4H6N2S/c1-11-3-7-13(8-4-11)14-9-5-12(2)6-10-14;1-9-3-5-12-8-10(2)4-6-11(12)7-9;1-5-3-4-6(2)8(10)7(5)9;2*1-6-3-4-7(2)8(9)5-6;4*1-7-3-5-8(2)6-4-7;2*1-6-3-4-7(2)8-5-6;1-5-3-8-6(2)4-7-5;2*1-5-3-7-6(2)8-4-5;1-5-3-4-6(2)8-7-5;1-3-5-6-4(2)7-3/h3-10H,1-2H3;3-8H,1-2H3;3-4H,1-2H3;2*3-5H,1-2H3;3*7-8H,3-6H2,1-2H3;3-6H,1-2H3;2*3-5H,1-2H3;4*3-4H,1-2H3;1-2H3. The molecule has 3 aliphatic carbocycles. The zero-order chi connectivity index (χ0) is 105. The van der Waals surface area contributed by atoms with E-state index in [1.807, 2.05) is 184 Å². The third-order valence-electron chi connectivity index (χ3n) is 23.2. The fraction of sp³-hybridized carbons (Fsp3) is 0.403. The molecule has 3 fully saturated rings. The van der Waals surface area contributed by atoms with Crippen LogP contribution in [0.4, 0.5) is 17.6 Å². The summed E-state index contributed by atoms with van der Waals surface area (Å²) in [5, 5.41) is 20.0. The maximum absolute atomic E-state index is 12.6. The van der Waals surface area contributed by atoms with Crippen LogP contribution in [0.15, 0.2) is 244 Å². The summed E-state index contributed by atoms with van der Waals surface area (Å²) in [6, 6.07) is 64.4. The number of aryl methyl sites for hydroxylation is 26. The largest absolute Gasteiger partial charge is 0.261 e. The molecule has 141 heavy (non-hydrogen) atoms. The van der Waals surface area contributed by atoms with E-state index in [-0.39, 0.29) is 11.6 Å². The van der Waals surface area contributed by atoms with Gasteiger partial charge in [0.2, 0.25) is 0 Å². The minimum absolute atomic E-state index is 0.116. The van der Waals surface area contributed by atoms with Gasteiger partial charge in [-0.1, -0.05) is 310 Å². The van der Waals surface area contributed by atoms with E-state index in [2.05, 4.69) is 265 Å². The lowest BCUT2D eigenvalue weighted by Crippen LogP contribution is -2.08. The normalized spacial score (nSPS) is 14.8. The van der Waals surface area contributed by atoms with E-state index in [0.29, 0.717) is 22.3 Å². The van der Waals surface area contributed by atoms with Crippen LogP contribution in [0.2, 0.25) is 0 Å². The maximum Gasteiger partial charge on any atom is 0.161 e. The van der Waals surface area contributed by atoms with Crippen LogP contribution in [0.3, 0.4) is 0 Å². The molecular weight excluding hydrogens is 1770 g/mol. The molecule has 18 rings (SSSR count). The van der Waals surface area contributed by atoms with Gasteiger partial charge in [0.05, 0.1) is 22.8 Å². The topological polar surface area (TPSA) is 155 Å². The zero-order valence-corrected chi connectivity index (χ0v) is 92.1. The molecule has 0 atom stereocenters. The zero-order valence-electron chi connectivity index (χ0n) is 91.3. The predicted octanol–water partition coefficient (Wildman–Crippen LogP) is 34.6. The van der Waals surface area contributed by atoms with Crippen molar-refractivity contribution >= 4 is 22.1 Å². The fourth-order valence-corrected chi connectivity index (χ4v) is 13.9. The highest BCUT2D eigenvalue weighted by Gasteiger charge is 2.16. The van der Waals surface area contributed by atoms with Crippen molar-refractivity contribution in [1.82, 2.24) is 60.3 Å². The van der Waals surface area contributed by atoms with E-state index < -0.39 is 11.6 Å². The Labute approximate surface area is 851 Å². The first-order chi connectivity index (χ1) is 66.7. The molecule has 0 N–H and O–H groups in total. The highest BCUT2D eigenvalue weighted by molar-refractivity contribution is 7.11. The Morgan fingerprint density at radius 3 is 0.631 bits per heavy atom. The Morgan fingerprint density at radius 1 is 0.199 bits per heavy atom. The van der Waals surface area contributed by atoms with Crippen LogP contribution in [0.1, 0.15) is 263 Å². The Balaban J connectivity index is 0.000000388. The van der Waals surface area contributed by atoms with Crippen molar-refractivity contribution in [3.8, 4) is 11.1 Å². The van der Waals surface area contributed by atoms with Gasteiger partial charge in [-0.3, -0.25) is 19.9 Å². The minimum atomic E-state index is -0.736. The quantitative estimate of drug-likeness (QED) is 0.144. The first-order valence-corrected chi connectivity index (χ1v) is 50.6. The van der Waals surface area contributed by atoms with E-state index in [4.69, 9.17) is 0 Å². The number of rotatable bonds is 1. The lowest BCUT2D eigenvalue weighted by atomic mass is 9.84. The average molecular weight is 1930 g/mol. The van der Waals surface area contributed by atoms with Gasteiger partial charge in [0.1, 0.15) is 33.3 Å². The number of pyridine rings is 2. The van der Waals surface area contributed by atoms with Gasteiger partial charge in [0.15, 0.2) is 11.6 Å². The molecule has 0 amide bonds. The summed E-state index contributed by atoms with van der Waals surface area (Å²) in [5.41, 5.74) is 25.2. The summed E-state index contributed by atoms with van der Waals surface area (Å²) in [5.74, 6) is 6.07. The Morgan fingerprint density at radius 2 is 0.418 bits per heavy atom.